The van der Waals surface area contributed by atoms with Gasteiger partial charge in [-0.05, 0) is 68.0 Å². The molecule has 1 saturated heterocycles. The molecular formula is C30H22ClN5O4S2. The van der Waals surface area contributed by atoms with Crippen molar-refractivity contribution in [2.45, 2.75) is 13.8 Å². The number of amides is 1. The smallest absolute Gasteiger partial charge is 0.296 e. The Morgan fingerprint density at radius 1 is 0.952 bits per heavy atom. The number of ether oxygens (including phenoxy) is 1. The molecule has 0 spiro atoms. The molecule has 0 saturated carbocycles. The minimum Gasteiger partial charge on any atom is -0.438 e. The van der Waals surface area contributed by atoms with Gasteiger partial charge in [0.1, 0.15) is 22.6 Å². The van der Waals surface area contributed by atoms with E-state index in [9.17, 15) is 14.4 Å². The van der Waals surface area contributed by atoms with Crippen LogP contribution >= 0.6 is 35.6 Å². The van der Waals surface area contributed by atoms with Crippen LogP contribution in [0.3, 0.4) is 0 Å². The van der Waals surface area contributed by atoms with Crippen molar-refractivity contribution >= 4 is 63.2 Å². The van der Waals surface area contributed by atoms with Crippen LogP contribution in [0.2, 0.25) is 5.02 Å². The molecule has 0 unspecified atom stereocenters. The molecule has 0 aliphatic carbocycles. The predicted molar refractivity (Wildman–Crippen MR) is 169 cm³/mol. The molecule has 1 amide bonds. The number of para-hydroxylation sites is 1. The van der Waals surface area contributed by atoms with Crippen LogP contribution in [0.1, 0.15) is 16.8 Å². The molecule has 6 rings (SSSR count). The molecule has 42 heavy (non-hydrogen) atoms. The maximum Gasteiger partial charge on any atom is 0.296 e. The highest BCUT2D eigenvalue weighted by Gasteiger charge is 2.38. The fourth-order valence-electron chi connectivity index (χ4n) is 4.71. The van der Waals surface area contributed by atoms with Gasteiger partial charge in [0.2, 0.25) is 5.88 Å². The van der Waals surface area contributed by atoms with Gasteiger partial charge in [0.25, 0.3) is 17.0 Å². The largest absolute Gasteiger partial charge is 0.438 e. The molecule has 0 N–H and O–H groups in total. The molecule has 12 heteroatoms. The number of aromatic nitrogens is 4. The molecule has 0 radical (unpaired) electrons. The van der Waals surface area contributed by atoms with Gasteiger partial charge in [-0.2, -0.15) is 4.98 Å². The number of pyridine rings is 1. The van der Waals surface area contributed by atoms with Crippen molar-refractivity contribution in [2.75, 3.05) is 4.90 Å². The molecule has 1 aliphatic heterocycles. The maximum absolute atomic E-state index is 13.8. The van der Waals surface area contributed by atoms with Crippen molar-refractivity contribution in [3.8, 4) is 17.3 Å². The molecule has 2 aromatic carbocycles. The van der Waals surface area contributed by atoms with Crippen LogP contribution in [0.15, 0.2) is 87.4 Å². The summed E-state index contributed by atoms with van der Waals surface area (Å²) >= 11 is 12.6. The highest BCUT2D eigenvalue weighted by atomic mass is 35.5. The Bertz CT molecular complexity index is 2060. The lowest BCUT2D eigenvalue weighted by Crippen LogP contribution is -2.33. The number of hydrogen-bond acceptors (Lipinski definition) is 7. The first-order valence-corrected chi connectivity index (χ1v) is 14.3. The van der Waals surface area contributed by atoms with Crippen LogP contribution in [-0.4, -0.2) is 29.0 Å². The zero-order valence-corrected chi connectivity index (χ0v) is 25.0. The first-order valence-electron chi connectivity index (χ1n) is 12.7. The van der Waals surface area contributed by atoms with Crippen molar-refractivity contribution in [1.82, 2.24) is 18.7 Å². The summed E-state index contributed by atoms with van der Waals surface area (Å²) in [6.07, 6.45) is 3.02. The summed E-state index contributed by atoms with van der Waals surface area (Å²) in [7, 11) is 1.74. The summed E-state index contributed by atoms with van der Waals surface area (Å²) in [4.78, 5) is 47.2. The quantitative estimate of drug-likeness (QED) is 0.186. The summed E-state index contributed by atoms with van der Waals surface area (Å²) in [5.74, 6) is -0.0979. The van der Waals surface area contributed by atoms with Crippen molar-refractivity contribution < 1.29 is 9.53 Å². The van der Waals surface area contributed by atoms with Crippen LogP contribution in [0, 0.1) is 13.8 Å². The van der Waals surface area contributed by atoms with E-state index >= 15 is 0 Å². The van der Waals surface area contributed by atoms with Crippen molar-refractivity contribution in [3.63, 3.8) is 0 Å². The van der Waals surface area contributed by atoms with Crippen LogP contribution < -0.4 is 20.8 Å². The third kappa shape index (κ3) is 4.65. The van der Waals surface area contributed by atoms with Gasteiger partial charge in [-0.1, -0.05) is 59.8 Å². The minimum atomic E-state index is -0.526. The number of carbonyl (C=O) groups excluding carboxylic acids is 1. The van der Waals surface area contributed by atoms with E-state index in [2.05, 4.69) is 4.98 Å². The van der Waals surface area contributed by atoms with Crippen molar-refractivity contribution in [3.05, 3.63) is 120 Å². The zero-order valence-electron chi connectivity index (χ0n) is 22.6. The average Bonchev–Trinajstić information content (AvgIpc) is 3.37. The Morgan fingerprint density at radius 2 is 1.67 bits per heavy atom. The van der Waals surface area contributed by atoms with Gasteiger partial charge < -0.3 is 4.74 Å². The van der Waals surface area contributed by atoms with E-state index < -0.39 is 17.0 Å². The standard InChI is InChI=1S/C30H22ClN5O4S2/c1-17-8-7-15-34-25(17)32-26(40-21-13-11-19(31)12-14-21)22(27(34)37)16-23-28(38)35(30(41)42-23)24-18(2)33(3)36(29(24)39)20-9-5-4-6-10-20/h4-16H,1-3H3. The summed E-state index contributed by atoms with van der Waals surface area (Å²) in [5.41, 5.74) is 1.76. The van der Waals surface area contributed by atoms with E-state index in [1.807, 2.05) is 31.2 Å². The maximum atomic E-state index is 13.8. The molecule has 5 aromatic rings. The second-order valence-corrected chi connectivity index (χ2v) is 11.6. The number of thiocarbonyl (C=S) groups is 1. The van der Waals surface area contributed by atoms with Crippen LogP contribution in [0.4, 0.5) is 5.69 Å². The lowest BCUT2D eigenvalue weighted by atomic mass is 10.2. The van der Waals surface area contributed by atoms with Crippen LogP contribution in [-0.2, 0) is 11.8 Å². The Hall–Kier alpha value is -4.45. The minimum absolute atomic E-state index is 0.0178. The molecule has 0 atom stereocenters. The Labute approximate surface area is 254 Å². The zero-order chi connectivity index (χ0) is 29.7. The molecule has 3 aromatic heterocycles. The third-order valence-electron chi connectivity index (χ3n) is 6.89. The molecule has 210 valence electrons. The average molecular weight is 616 g/mol. The van der Waals surface area contributed by atoms with Crippen LogP contribution in [0.5, 0.6) is 11.6 Å². The predicted octanol–water partition coefficient (Wildman–Crippen LogP) is 5.65. The topological polar surface area (TPSA) is 90.8 Å². The molecule has 1 aliphatic rings. The number of anilines is 1. The molecular weight excluding hydrogens is 594 g/mol. The van der Waals surface area contributed by atoms with Gasteiger partial charge in [-0.3, -0.25) is 28.4 Å². The summed E-state index contributed by atoms with van der Waals surface area (Å²) in [6, 6.07) is 19.3. The van der Waals surface area contributed by atoms with E-state index in [4.69, 9.17) is 28.6 Å². The number of benzene rings is 2. The number of hydrogen-bond donors (Lipinski definition) is 0. The number of thioether (sulfide) groups is 1. The SMILES string of the molecule is Cc1cccn2c(=O)c(C=C3SC(=S)N(c4c(C)n(C)n(-c5ccccc5)c4=O)C3=O)c(Oc3ccc(Cl)cc3)nc12. The number of aryl methyl sites for hydroxylation is 1. The lowest BCUT2D eigenvalue weighted by Gasteiger charge is -2.13. The summed E-state index contributed by atoms with van der Waals surface area (Å²) < 4.78 is 10.8. The Balaban J connectivity index is 1.47. The monoisotopic (exact) mass is 615 g/mol. The van der Waals surface area contributed by atoms with Gasteiger partial charge in [0.05, 0.1) is 16.3 Å². The normalized spacial score (nSPS) is 14.4. The van der Waals surface area contributed by atoms with Crippen molar-refractivity contribution in [1.29, 1.82) is 0 Å². The highest BCUT2D eigenvalue weighted by Crippen LogP contribution is 2.37. The number of rotatable bonds is 5. The number of nitrogens with zero attached hydrogens (tertiary/aromatic N) is 5. The van der Waals surface area contributed by atoms with Crippen LogP contribution in [0.25, 0.3) is 17.4 Å². The second-order valence-electron chi connectivity index (χ2n) is 9.50. The van der Waals surface area contributed by atoms with Crippen molar-refractivity contribution in [2.24, 2.45) is 7.05 Å². The van der Waals surface area contributed by atoms with E-state index in [0.717, 1.165) is 17.3 Å². The number of carbonyl (C=O) groups is 1. The van der Waals surface area contributed by atoms with E-state index in [-0.39, 0.29) is 26.4 Å². The second kappa shape index (κ2) is 10.8. The fraction of sp³-hybridized carbons (Fsp3) is 0.100. The number of halogens is 1. The van der Waals surface area contributed by atoms with E-state index in [0.29, 0.717) is 27.8 Å². The van der Waals surface area contributed by atoms with Gasteiger partial charge in [-0.15, -0.1) is 0 Å². The molecule has 1 fully saturated rings. The fourth-order valence-corrected chi connectivity index (χ4v) is 6.09. The summed E-state index contributed by atoms with van der Waals surface area (Å²) in [6.45, 7) is 3.58. The first kappa shape index (κ1) is 27.7. The van der Waals surface area contributed by atoms with E-state index in [1.54, 1.807) is 67.3 Å². The Kier molecular flexibility index (Phi) is 7.09. The Morgan fingerprint density at radius 3 is 2.38 bits per heavy atom. The van der Waals surface area contributed by atoms with E-state index in [1.165, 1.54) is 20.1 Å². The van der Waals surface area contributed by atoms with Gasteiger partial charge in [0.15, 0.2) is 4.32 Å². The first-order chi connectivity index (χ1) is 20.2. The van der Waals surface area contributed by atoms with Gasteiger partial charge >= 0.3 is 0 Å². The summed E-state index contributed by atoms with van der Waals surface area (Å²) in [5, 5.41) is 0.524. The molecule has 0 bridgehead atoms. The van der Waals surface area contributed by atoms with Gasteiger partial charge in [0, 0.05) is 18.3 Å². The molecule has 4 heterocycles. The number of fused-ring (bicyclic) bond motifs is 1. The highest BCUT2D eigenvalue weighted by molar-refractivity contribution is 8.27. The van der Waals surface area contributed by atoms with Gasteiger partial charge in [-0.25, -0.2) is 4.68 Å². The molecule has 9 nitrogen and oxygen atoms in total. The third-order valence-corrected chi connectivity index (χ3v) is 8.45. The lowest BCUT2D eigenvalue weighted by molar-refractivity contribution is -0.113.